The molecule has 3 rings (SSSR count). The summed E-state index contributed by atoms with van der Waals surface area (Å²) in [6, 6.07) is 5.49. The van der Waals surface area contributed by atoms with Crippen molar-refractivity contribution in [3.8, 4) is 0 Å². The molecule has 6 nitrogen and oxygen atoms in total. The molecule has 1 atom stereocenters. The molecule has 2 fully saturated rings. The summed E-state index contributed by atoms with van der Waals surface area (Å²) in [6.07, 6.45) is -4.08. The number of hydrogen-bond acceptors (Lipinski definition) is 4. The molecule has 2 aliphatic heterocycles. The summed E-state index contributed by atoms with van der Waals surface area (Å²) in [5.41, 5.74) is 0.0761. The van der Waals surface area contributed by atoms with E-state index in [0.29, 0.717) is 13.2 Å². The molecule has 0 spiro atoms. The lowest BCUT2D eigenvalue weighted by Crippen LogP contribution is -2.44. The van der Waals surface area contributed by atoms with E-state index in [4.69, 9.17) is 4.74 Å². The van der Waals surface area contributed by atoms with Crippen molar-refractivity contribution in [1.29, 1.82) is 0 Å². The molecule has 0 saturated carbocycles. The van der Waals surface area contributed by atoms with Crippen LogP contribution in [0.15, 0.2) is 29.2 Å². The minimum Gasteiger partial charge on any atom is -0.379 e. The predicted molar refractivity (Wildman–Crippen MR) is 90.7 cm³/mol. The molecule has 0 radical (unpaired) electrons. The van der Waals surface area contributed by atoms with Gasteiger partial charge in [0, 0.05) is 31.7 Å². The van der Waals surface area contributed by atoms with E-state index in [1.54, 1.807) is 0 Å². The third kappa shape index (κ3) is 4.44. The number of hydrogen-bond donors (Lipinski definition) is 0. The summed E-state index contributed by atoms with van der Waals surface area (Å²) in [6.45, 7) is 0.864. The highest BCUT2D eigenvalue weighted by molar-refractivity contribution is 7.89. The fourth-order valence-corrected chi connectivity index (χ4v) is 4.79. The zero-order valence-electron chi connectivity index (χ0n) is 14.6. The van der Waals surface area contributed by atoms with Crippen molar-refractivity contribution >= 4 is 15.9 Å². The summed E-state index contributed by atoms with van der Waals surface area (Å²) in [4.78, 5) is 13.8. The van der Waals surface area contributed by atoms with Crippen molar-refractivity contribution in [3.63, 3.8) is 0 Å². The van der Waals surface area contributed by atoms with Crippen LogP contribution >= 0.6 is 0 Å². The van der Waals surface area contributed by atoms with Crippen molar-refractivity contribution in [3.05, 3.63) is 29.8 Å². The number of carbonyl (C=O) groups is 1. The number of nitrogens with zero attached hydrogens (tertiary/aromatic N) is 2. The highest BCUT2D eigenvalue weighted by atomic mass is 32.2. The highest BCUT2D eigenvalue weighted by Gasteiger charge is 2.42. The van der Waals surface area contributed by atoms with Crippen molar-refractivity contribution in [2.75, 3.05) is 39.4 Å². The number of rotatable bonds is 3. The van der Waals surface area contributed by atoms with Gasteiger partial charge in [0.15, 0.2) is 0 Å². The second kappa shape index (κ2) is 7.76. The van der Waals surface area contributed by atoms with E-state index in [-0.39, 0.29) is 42.9 Å². The number of benzene rings is 1. The van der Waals surface area contributed by atoms with Crippen LogP contribution in [0.4, 0.5) is 13.2 Å². The summed E-state index contributed by atoms with van der Waals surface area (Å²) < 4.78 is 70.8. The van der Waals surface area contributed by atoms with Crippen LogP contribution in [0.2, 0.25) is 0 Å². The summed E-state index contributed by atoms with van der Waals surface area (Å²) in [5.74, 6) is -2.13. The zero-order valence-corrected chi connectivity index (χ0v) is 15.4. The number of alkyl halides is 3. The van der Waals surface area contributed by atoms with Crippen LogP contribution in [-0.4, -0.2) is 69.1 Å². The van der Waals surface area contributed by atoms with E-state index in [9.17, 15) is 26.4 Å². The van der Waals surface area contributed by atoms with Crippen molar-refractivity contribution in [2.45, 2.75) is 23.9 Å². The molecule has 2 saturated heterocycles. The molecule has 1 aromatic carbocycles. The largest absolute Gasteiger partial charge is 0.393 e. The second-order valence-corrected chi connectivity index (χ2v) is 8.61. The molecule has 0 unspecified atom stereocenters. The SMILES string of the molecule is O=C(c1cccc(S(=O)(=O)N2CCOCC2)c1)N1CCC[C@H](C(F)(F)F)C1. The maximum Gasteiger partial charge on any atom is 0.393 e. The number of likely N-dealkylation sites (tertiary alicyclic amines) is 1. The summed E-state index contributed by atoms with van der Waals surface area (Å²) in [5, 5.41) is 0. The van der Waals surface area contributed by atoms with E-state index in [1.165, 1.54) is 28.6 Å². The molecule has 0 aliphatic carbocycles. The van der Waals surface area contributed by atoms with Crippen LogP contribution in [0.3, 0.4) is 0 Å². The summed E-state index contributed by atoms with van der Waals surface area (Å²) >= 11 is 0. The van der Waals surface area contributed by atoms with Crippen molar-refractivity contribution in [2.24, 2.45) is 5.92 Å². The average Bonchev–Trinajstić information content (AvgIpc) is 2.67. The monoisotopic (exact) mass is 406 g/mol. The van der Waals surface area contributed by atoms with Crippen LogP contribution in [0.1, 0.15) is 23.2 Å². The van der Waals surface area contributed by atoms with Gasteiger partial charge in [0.25, 0.3) is 5.91 Å². The Morgan fingerprint density at radius 1 is 1.15 bits per heavy atom. The Morgan fingerprint density at radius 3 is 2.52 bits per heavy atom. The molecule has 2 aliphatic rings. The van der Waals surface area contributed by atoms with Gasteiger partial charge in [-0.1, -0.05) is 6.07 Å². The van der Waals surface area contributed by atoms with Gasteiger partial charge < -0.3 is 9.64 Å². The second-order valence-electron chi connectivity index (χ2n) is 6.68. The molecule has 0 bridgehead atoms. The molecule has 1 aromatic rings. The quantitative estimate of drug-likeness (QED) is 0.771. The number of piperidine rings is 1. The first-order chi connectivity index (χ1) is 12.7. The third-order valence-electron chi connectivity index (χ3n) is 4.86. The smallest absolute Gasteiger partial charge is 0.379 e. The van der Waals surface area contributed by atoms with E-state index < -0.39 is 34.6 Å². The molecule has 2 heterocycles. The van der Waals surface area contributed by atoms with Gasteiger partial charge >= 0.3 is 6.18 Å². The van der Waals surface area contributed by atoms with Crippen molar-refractivity contribution < 1.29 is 31.1 Å². The Morgan fingerprint density at radius 2 is 1.85 bits per heavy atom. The molecule has 0 N–H and O–H groups in total. The van der Waals surface area contributed by atoms with Crippen LogP contribution in [0, 0.1) is 5.92 Å². The minimum atomic E-state index is -4.35. The van der Waals surface area contributed by atoms with Gasteiger partial charge in [-0.25, -0.2) is 8.42 Å². The zero-order chi connectivity index (χ0) is 19.7. The van der Waals surface area contributed by atoms with Gasteiger partial charge in [-0.15, -0.1) is 0 Å². The first-order valence-corrected chi connectivity index (χ1v) is 10.2. The number of amides is 1. The van der Waals surface area contributed by atoms with E-state index in [2.05, 4.69) is 0 Å². The van der Waals surface area contributed by atoms with Gasteiger partial charge in [-0.2, -0.15) is 17.5 Å². The standard InChI is InChI=1S/C17H21F3N2O4S/c18-17(19,20)14-4-2-6-21(12-14)16(23)13-3-1-5-15(11-13)27(24,25)22-7-9-26-10-8-22/h1,3,5,11,14H,2,4,6-10,12H2/t14-/m0/s1. The van der Waals surface area contributed by atoms with Crippen molar-refractivity contribution in [1.82, 2.24) is 9.21 Å². The van der Waals surface area contributed by atoms with E-state index in [0.717, 1.165) is 4.90 Å². The van der Waals surface area contributed by atoms with Gasteiger partial charge in [0.1, 0.15) is 0 Å². The van der Waals surface area contributed by atoms with Gasteiger partial charge in [0.2, 0.25) is 10.0 Å². The lowest BCUT2D eigenvalue weighted by atomic mass is 9.97. The Labute approximate surface area is 155 Å². The van der Waals surface area contributed by atoms with Crippen LogP contribution in [-0.2, 0) is 14.8 Å². The number of sulfonamides is 1. The first kappa shape index (κ1) is 20.1. The number of morpholine rings is 1. The lowest BCUT2D eigenvalue weighted by Gasteiger charge is -2.34. The average molecular weight is 406 g/mol. The minimum absolute atomic E-state index is 0.00126. The third-order valence-corrected chi connectivity index (χ3v) is 6.75. The van der Waals surface area contributed by atoms with Crippen LogP contribution < -0.4 is 0 Å². The van der Waals surface area contributed by atoms with Gasteiger partial charge in [-0.3, -0.25) is 4.79 Å². The van der Waals surface area contributed by atoms with E-state index in [1.807, 2.05) is 0 Å². The van der Waals surface area contributed by atoms with Crippen LogP contribution in [0.5, 0.6) is 0 Å². The lowest BCUT2D eigenvalue weighted by molar-refractivity contribution is -0.184. The molecule has 0 aromatic heterocycles. The van der Waals surface area contributed by atoms with Gasteiger partial charge in [0.05, 0.1) is 24.0 Å². The Kier molecular flexibility index (Phi) is 5.78. The first-order valence-electron chi connectivity index (χ1n) is 8.73. The van der Waals surface area contributed by atoms with E-state index >= 15 is 0 Å². The maximum atomic E-state index is 13.0. The molecule has 1 amide bonds. The summed E-state index contributed by atoms with van der Waals surface area (Å²) in [7, 11) is -3.78. The molecular weight excluding hydrogens is 385 g/mol. The molecule has 150 valence electrons. The fourth-order valence-electron chi connectivity index (χ4n) is 3.34. The Bertz CT molecular complexity index is 792. The number of halogens is 3. The van der Waals surface area contributed by atoms with Gasteiger partial charge in [-0.05, 0) is 31.0 Å². The van der Waals surface area contributed by atoms with Crippen LogP contribution in [0.25, 0.3) is 0 Å². The maximum absolute atomic E-state index is 13.0. The number of ether oxygens (including phenoxy) is 1. The molecule has 27 heavy (non-hydrogen) atoms. The number of carbonyl (C=O) groups excluding carboxylic acids is 1. The molecule has 10 heteroatoms. The normalized spacial score (nSPS) is 22.6. The molecular formula is C17H21F3N2O4S. The highest BCUT2D eigenvalue weighted by Crippen LogP contribution is 2.33. The Balaban J connectivity index is 1.79. The topological polar surface area (TPSA) is 66.9 Å². The predicted octanol–water partition coefficient (Wildman–Crippen LogP) is 2.12. The Hall–Kier alpha value is -1.65. The fraction of sp³-hybridized carbons (Fsp3) is 0.588.